The summed E-state index contributed by atoms with van der Waals surface area (Å²) in [7, 11) is 1.35. The number of methoxy groups -OCH3 is 1. The average molecular weight is 696 g/mol. The molecule has 5 rings (SSSR count). The molecule has 1 aliphatic heterocycles. The molecule has 4 aromatic rings. The van der Waals surface area contributed by atoms with Gasteiger partial charge >= 0.3 is 12.1 Å². The number of alkyl halides is 5. The minimum atomic E-state index is -4.86. The molecule has 3 aromatic carbocycles. The summed E-state index contributed by atoms with van der Waals surface area (Å²) in [5, 5.41) is -0.131. The summed E-state index contributed by atoms with van der Waals surface area (Å²) in [6.45, 7) is -2.27. The van der Waals surface area contributed by atoms with Crippen molar-refractivity contribution in [1.29, 1.82) is 0 Å². The zero-order valence-corrected chi connectivity index (χ0v) is 26.1. The van der Waals surface area contributed by atoms with Crippen LogP contribution in [0.5, 0.6) is 23.0 Å². The standard InChI is InChI=1S/C33H31F6N3O7/c1-46-30-12-20(5-6-28(30)47-18-21-3-2-4-23(11-21)49-33(37,38)39)17-41-31(44)25-13-29(48-24(15-34)16-35)26(36)14-27(25)42(32(41)45)22-7-9-40(19-43)10-8-22/h2-6,11-14,19,22,24H,7-10,15-18H2,1H3. The molecule has 0 bridgehead atoms. The fraction of sp³-hybridized carbons (Fsp3) is 0.364. The van der Waals surface area contributed by atoms with Gasteiger partial charge in [-0.25, -0.2) is 18.0 Å². The van der Waals surface area contributed by atoms with Gasteiger partial charge in [0, 0.05) is 25.2 Å². The Labute approximate surface area is 275 Å². The van der Waals surface area contributed by atoms with Gasteiger partial charge in [0.15, 0.2) is 29.2 Å². The maximum absolute atomic E-state index is 15.2. The largest absolute Gasteiger partial charge is 0.573 e. The van der Waals surface area contributed by atoms with E-state index in [4.69, 9.17) is 14.2 Å². The van der Waals surface area contributed by atoms with Crippen molar-refractivity contribution in [3.63, 3.8) is 0 Å². The minimum Gasteiger partial charge on any atom is -0.493 e. The fourth-order valence-electron chi connectivity index (χ4n) is 5.60. The topological polar surface area (TPSA) is 101 Å². The number of nitrogens with zero attached hydrogens (tertiary/aromatic N) is 3. The van der Waals surface area contributed by atoms with Gasteiger partial charge in [0.1, 0.15) is 25.7 Å². The SMILES string of the molecule is COc1cc(Cn2c(=O)c3cc(OC(CF)CF)c(F)cc3n(C3CCN(C=O)CC3)c2=O)ccc1OCc1cccc(OC(F)(F)F)c1. The Balaban J connectivity index is 1.49. The molecule has 0 unspecified atom stereocenters. The molecule has 2 heterocycles. The predicted molar refractivity (Wildman–Crippen MR) is 164 cm³/mol. The highest BCUT2D eigenvalue weighted by Gasteiger charge is 2.31. The molecular formula is C33H31F6N3O7. The number of fused-ring (bicyclic) bond motifs is 1. The van der Waals surface area contributed by atoms with Crippen molar-refractivity contribution in [1.82, 2.24) is 14.0 Å². The molecule has 1 saturated heterocycles. The van der Waals surface area contributed by atoms with Crippen molar-refractivity contribution in [2.24, 2.45) is 0 Å². The van der Waals surface area contributed by atoms with Crippen LogP contribution in [0.1, 0.15) is 30.0 Å². The van der Waals surface area contributed by atoms with Crippen molar-refractivity contribution in [3.05, 3.63) is 92.4 Å². The third-order valence-electron chi connectivity index (χ3n) is 7.97. The van der Waals surface area contributed by atoms with Gasteiger partial charge in [-0.3, -0.25) is 18.7 Å². The summed E-state index contributed by atoms with van der Waals surface area (Å²) >= 11 is 0. The lowest BCUT2D eigenvalue weighted by molar-refractivity contribution is -0.274. The van der Waals surface area contributed by atoms with E-state index in [-0.39, 0.29) is 35.6 Å². The van der Waals surface area contributed by atoms with Crippen LogP contribution in [-0.4, -0.2) is 66.5 Å². The molecule has 262 valence electrons. The summed E-state index contributed by atoms with van der Waals surface area (Å²) in [4.78, 5) is 40.6. The Morgan fingerprint density at radius 3 is 2.33 bits per heavy atom. The number of piperidine rings is 1. The predicted octanol–water partition coefficient (Wildman–Crippen LogP) is 5.32. The molecule has 0 spiro atoms. The smallest absolute Gasteiger partial charge is 0.493 e. The van der Waals surface area contributed by atoms with Crippen molar-refractivity contribution in [2.45, 2.75) is 44.5 Å². The molecule has 1 aromatic heterocycles. The summed E-state index contributed by atoms with van der Waals surface area (Å²) in [6.07, 6.45) is -5.10. The lowest BCUT2D eigenvalue weighted by Gasteiger charge is -2.31. The fourth-order valence-corrected chi connectivity index (χ4v) is 5.60. The van der Waals surface area contributed by atoms with Gasteiger partial charge in [0.05, 0.1) is 24.6 Å². The molecule has 10 nitrogen and oxygen atoms in total. The summed E-state index contributed by atoms with van der Waals surface area (Å²) < 4.78 is 102. The molecule has 16 heteroatoms. The monoisotopic (exact) mass is 695 g/mol. The summed E-state index contributed by atoms with van der Waals surface area (Å²) in [5.74, 6) is -1.59. The van der Waals surface area contributed by atoms with Crippen LogP contribution in [0.25, 0.3) is 10.9 Å². The third kappa shape index (κ3) is 8.12. The molecule has 1 aliphatic rings. The van der Waals surface area contributed by atoms with E-state index in [1.54, 1.807) is 12.1 Å². The maximum atomic E-state index is 15.2. The Hall–Kier alpha value is -5.15. The number of aromatic nitrogens is 2. The van der Waals surface area contributed by atoms with Gasteiger partial charge in [-0.05, 0) is 54.3 Å². The van der Waals surface area contributed by atoms with Gasteiger partial charge < -0.3 is 23.8 Å². The first-order valence-corrected chi connectivity index (χ1v) is 15.1. The van der Waals surface area contributed by atoms with Crippen LogP contribution < -0.4 is 30.2 Å². The normalized spacial score (nSPS) is 13.9. The van der Waals surface area contributed by atoms with Crippen LogP contribution in [0, 0.1) is 5.82 Å². The first-order chi connectivity index (χ1) is 23.4. The van der Waals surface area contributed by atoms with Crippen LogP contribution in [-0.2, 0) is 17.9 Å². The first-order valence-electron chi connectivity index (χ1n) is 15.1. The number of hydrogen-bond donors (Lipinski definition) is 0. The van der Waals surface area contributed by atoms with Crippen molar-refractivity contribution in [3.8, 4) is 23.0 Å². The van der Waals surface area contributed by atoms with Crippen LogP contribution in [0.15, 0.2) is 64.2 Å². The van der Waals surface area contributed by atoms with Crippen molar-refractivity contribution < 1.29 is 50.1 Å². The molecular weight excluding hydrogens is 664 g/mol. The molecule has 0 aliphatic carbocycles. The van der Waals surface area contributed by atoms with Gasteiger partial charge in [-0.1, -0.05) is 18.2 Å². The Morgan fingerprint density at radius 1 is 0.939 bits per heavy atom. The maximum Gasteiger partial charge on any atom is 0.573 e. The Bertz CT molecular complexity index is 1920. The number of amides is 1. The van der Waals surface area contributed by atoms with E-state index in [2.05, 4.69) is 4.74 Å². The molecule has 0 N–H and O–H groups in total. The average Bonchev–Trinajstić information content (AvgIpc) is 3.08. The van der Waals surface area contributed by atoms with Gasteiger partial charge in [-0.2, -0.15) is 0 Å². The van der Waals surface area contributed by atoms with Gasteiger partial charge in [0.25, 0.3) is 5.56 Å². The highest BCUT2D eigenvalue weighted by atomic mass is 19.4. The van der Waals surface area contributed by atoms with E-state index in [9.17, 15) is 36.3 Å². The third-order valence-corrected chi connectivity index (χ3v) is 7.97. The first kappa shape index (κ1) is 35.2. The van der Waals surface area contributed by atoms with Gasteiger partial charge in [0.2, 0.25) is 6.41 Å². The molecule has 1 amide bonds. The van der Waals surface area contributed by atoms with Gasteiger partial charge in [-0.15, -0.1) is 13.2 Å². The number of halogens is 6. The lowest BCUT2D eigenvalue weighted by atomic mass is 10.0. The number of carbonyl (C=O) groups excluding carboxylic acids is 1. The molecule has 1 fully saturated rings. The Morgan fingerprint density at radius 2 is 1.67 bits per heavy atom. The second-order valence-electron chi connectivity index (χ2n) is 11.2. The van der Waals surface area contributed by atoms with E-state index in [0.29, 0.717) is 43.5 Å². The molecule has 0 atom stereocenters. The highest BCUT2D eigenvalue weighted by Crippen LogP contribution is 2.31. The molecule has 49 heavy (non-hydrogen) atoms. The van der Waals surface area contributed by atoms with Crippen molar-refractivity contribution in [2.75, 3.05) is 33.5 Å². The zero-order chi connectivity index (χ0) is 35.3. The minimum absolute atomic E-state index is 0.0382. The van der Waals surface area contributed by atoms with Crippen LogP contribution in [0.4, 0.5) is 26.3 Å². The number of hydrogen-bond acceptors (Lipinski definition) is 7. The number of benzene rings is 3. The van der Waals surface area contributed by atoms with E-state index < -0.39 is 60.4 Å². The number of likely N-dealkylation sites (tertiary alicyclic amines) is 1. The summed E-state index contributed by atoms with van der Waals surface area (Å²) in [6, 6.07) is 11.2. The van der Waals surface area contributed by atoms with E-state index in [1.807, 2.05) is 0 Å². The number of carbonyl (C=O) groups is 1. The zero-order valence-electron chi connectivity index (χ0n) is 26.1. The van der Waals surface area contributed by atoms with E-state index in [1.165, 1.54) is 40.8 Å². The van der Waals surface area contributed by atoms with Crippen LogP contribution in [0.2, 0.25) is 0 Å². The molecule has 0 radical (unpaired) electrons. The summed E-state index contributed by atoms with van der Waals surface area (Å²) in [5.41, 5.74) is -0.813. The quantitative estimate of drug-likeness (QED) is 0.138. The number of ether oxygens (including phenoxy) is 4. The highest BCUT2D eigenvalue weighted by molar-refractivity contribution is 5.80. The Kier molecular flexibility index (Phi) is 10.7. The second kappa shape index (κ2) is 15.0. The van der Waals surface area contributed by atoms with E-state index in [0.717, 1.165) is 22.8 Å². The lowest BCUT2D eigenvalue weighted by Crippen LogP contribution is -2.44. The van der Waals surface area contributed by atoms with E-state index >= 15 is 4.39 Å². The number of rotatable bonds is 13. The van der Waals surface area contributed by atoms with Crippen molar-refractivity contribution >= 4 is 17.3 Å². The second-order valence-corrected chi connectivity index (χ2v) is 11.2. The van der Waals surface area contributed by atoms with Crippen LogP contribution >= 0.6 is 0 Å². The molecule has 0 saturated carbocycles. The van der Waals surface area contributed by atoms with Crippen LogP contribution in [0.3, 0.4) is 0 Å².